The molecule has 0 aliphatic carbocycles. The molecule has 1 aromatic carbocycles. The average molecular weight is 297 g/mol. The third-order valence-electron chi connectivity index (χ3n) is 3.63. The highest BCUT2D eigenvalue weighted by Gasteiger charge is 2.30. The van der Waals surface area contributed by atoms with Gasteiger partial charge in [-0.2, -0.15) is 0 Å². The van der Waals surface area contributed by atoms with E-state index in [1.54, 1.807) is 0 Å². The molecule has 0 unspecified atom stereocenters. The van der Waals surface area contributed by atoms with Crippen LogP contribution in [0.4, 0.5) is 5.69 Å². The van der Waals surface area contributed by atoms with Crippen LogP contribution >= 0.6 is 15.9 Å². The third-order valence-corrected chi connectivity index (χ3v) is 4.16. The normalized spacial score (nSPS) is 19.5. The largest absolute Gasteiger partial charge is 0.384 e. The van der Waals surface area contributed by atoms with Gasteiger partial charge < -0.3 is 5.32 Å². The maximum atomic E-state index is 3.47. The van der Waals surface area contributed by atoms with Crippen molar-refractivity contribution in [1.82, 2.24) is 4.90 Å². The molecule has 1 aromatic rings. The van der Waals surface area contributed by atoms with Gasteiger partial charge in [-0.1, -0.05) is 15.9 Å². The van der Waals surface area contributed by atoms with Gasteiger partial charge in [0.25, 0.3) is 0 Å². The van der Waals surface area contributed by atoms with Crippen LogP contribution in [-0.2, 0) is 0 Å². The van der Waals surface area contributed by atoms with Crippen molar-refractivity contribution in [1.29, 1.82) is 0 Å². The smallest absolute Gasteiger partial charge is 0.0341 e. The second kappa shape index (κ2) is 5.40. The number of benzene rings is 1. The van der Waals surface area contributed by atoms with Gasteiger partial charge in [0.1, 0.15) is 0 Å². The third kappa shape index (κ3) is 3.46. The molecule has 1 heterocycles. The minimum atomic E-state index is 0.390. The summed E-state index contributed by atoms with van der Waals surface area (Å²) >= 11 is 3.45. The van der Waals surface area contributed by atoms with Gasteiger partial charge in [0.2, 0.25) is 0 Å². The summed E-state index contributed by atoms with van der Waals surface area (Å²) in [5.41, 5.74) is 1.59. The fourth-order valence-electron chi connectivity index (χ4n) is 2.48. The van der Waals surface area contributed by atoms with E-state index in [1.165, 1.54) is 25.1 Å². The van der Waals surface area contributed by atoms with Crippen molar-refractivity contribution in [2.24, 2.45) is 0 Å². The Morgan fingerprint density at radius 3 is 2.59 bits per heavy atom. The van der Waals surface area contributed by atoms with E-state index < -0.39 is 0 Å². The summed E-state index contributed by atoms with van der Waals surface area (Å²) in [6, 6.07) is 8.36. The Morgan fingerprint density at radius 1 is 1.29 bits per heavy atom. The number of rotatable bonds is 4. The maximum absolute atomic E-state index is 3.47. The molecule has 0 atom stereocenters. The molecule has 2 nitrogen and oxygen atoms in total. The maximum Gasteiger partial charge on any atom is 0.0341 e. The van der Waals surface area contributed by atoms with Crippen molar-refractivity contribution >= 4 is 21.6 Å². The standard InChI is InChI=1S/C14H21BrN2/c1-14(2)8-3-10-17(14)11-9-16-13-6-4-12(15)5-7-13/h4-7,16H,3,8-11H2,1-2H3. The summed E-state index contributed by atoms with van der Waals surface area (Å²) in [4.78, 5) is 2.58. The van der Waals surface area contributed by atoms with E-state index in [0.29, 0.717) is 5.54 Å². The first kappa shape index (κ1) is 12.9. The Hall–Kier alpha value is -0.540. The van der Waals surface area contributed by atoms with Gasteiger partial charge >= 0.3 is 0 Å². The van der Waals surface area contributed by atoms with Gasteiger partial charge in [-0.3, -0.25) is 4.90 Å². The number of nitrogens with one attached hydrogen (secondary N) is 1. The van der Waals surface area contributed by atoms with Gasteiger partial charge in [-0.05, 0) is 57.5 Å². The van der Waals surface area contributed by atoms with Crippen LogP contribution in [0.15, 0.2) is 28.7 Å². The molecule has 1 aliphatic heterocycles. The van der Waals surface area contributed by atoms with Crippen molar-refractivity contribution in [2.45, 2.75) is 32.2 Å². The van der Waals surface area contributed by atoms with Crippen LogP contribution in [0, 0.1) is 0 Å². The zero-order chi connectivity index (χ0) is 12.3. The quantitative estimate of drug-likeness (QED) is 0.911. The summed E-state index contributed by atoms with van der Waals surface area (Å²) in [5, 5.41) is 3.47. The Bertz CT molecular complexity index is 359. The van der Waals surface area contributed by atoms with Crippen LogP contribution in [0.2, 0.25) is 0 Å². The highest BCUT2D eigenvalue weighted by Crippen LogP contribution is 2.27. The van der Waals surface area contributed by atoms with E-state index in [1.807, 2.05) is 0 Å². The molecule has 3 heteroatoms. The Balaban J connectivity index is 1.78. The molecule has 0 bridgehead atoms. The van der Waals surface area contributed by atoms with Gasteiger partial charge in [0.15, 0.2) is 0 Å². The molecule has 1 N–H and O–H groups in total. The van der Waals surface area contributed by atoms with Crippen LogP contribution in [0.3, 0.4) is 0 Å². The predicted octanol–water partition coefficient (Wildman–Crippen LogP) is 3.74. The predicted molar refractivity (Wildman–Crippen MR) is 77.5 cm³/mol. The van der Waals surface area contributed by atoms with Crippen molar-refractivity contribution in [3.63, 3.8) is 0 Å². The number of hydrogen-bond acceptors (Lipinski definition) is 2. The van der Waals surface area contributed by atoms with E-state index in [4.69, 9.17) is 0 Å². The molecule has 0 amide bonds. The molecule has 17 heavy (non-hydrogen) atoms. The molecule has 2 rings (SSSR count). The van der Waals surface area contributed by atoms with E-state index in [-0.39, 0.29) is 0 Å². The number of nitrogens with zero attached hydrogens (tertiary/aromatic N) is 1. The molecular formula is C14H21BrN2. The van der Waals surface area contributed by atoms with Crippen LogP contribution in [-0.4, -0.2) is 30.1 Å². The second-order valence-corrected chi connectivity index (χ2v) is 6.25. The van der Waals surface area contributed by atoms with E-state index >= 15 is 0 Å². The first-order valence-corrected chi connectivity index (χ1v) is 7.12. The number of anilines is 1. The van der Waals surface area contributed by atoms with Crippen LogP contribution in [0.25, 0.3) is 0 Å². The van der Waals surface area contributed by atoms with Crippen LogP contribution < -0.4 is 5.32 Å². The van der Waals surface area contributed by atoms with Crippen molar-refractivity contribution in [2.75, 3.05) is 25.0 Å². The lowest BCUT2D eigenvalue weighted by atomic mass is 10.0. The zero-order valence-electron chi connectivity index (χ0n) is 10.7. The van der Waals surface area contributed by atoms with E-state index in [0.717, 1.165) is 17.6 Å². The summed E-state index contributed by atoms with van der Waals surface area (Å²) in [7, 11) is 0. The van der Waals surface area contributed by atoms with E-state index in [2.05, 4.69) is 64.3 Å². The fraction of sp³-hybridized carbons (Fsp3) is 0.571. The molecule has 1 saturated heterocycles. The second-order valence-electron chi connectivity index (χ2n) is 5.34. The first-order valence-electron chi connectivity index (χ1n) is 6.32. The molecular weight excluding hydrogens is 276 g/mol. The lowest BCUT2D eigenvalue weighted by Crippen LogP contribution is -2.40. The molecule has 0 radical (unpaired) electrons. The summed E-state index contributed by atoms with van der Waals surface area (Å²) < 4.78 is 1.13. The summed E-state index contributed by atoms with van der Waals surface area (Å²) in [5.74, 6) is 0. The lowest BCUT2D eigenvalue weighted by molar-refractivity contribution is 0.182. The highest BCUT2D eigenvalue weighted by atomic mass is 79.9. The molecule has 1 aliphatic rings. The lowest BCUT2D eigenvalue weighted by Gasteiger charge is -2.31. The van der Waals surface area contributed by atoms with Crippen molar-refractivity contribution < 1.29 is 0 Å². The van der Waals surface area contributed by atoms with E-state index in [9.17, 15) is 0 Å². The molecule has 1 fully saturated rings. The van der Waals surface area contributed by atoms with Crippen LogP contribution in [0.5, 0.6) is 0 Å². The number of hydrogen-bond donors (Lipinski definition) is 1. The number of likely N-dealkylation sites (tertiary alicyclic amines) is 1. The minimum Gasteiger partial charge on any atom is -0.384 e. The summed E-state index contributed by atoms with van der Waals surface area (Å²) in [6.07, 6.45) is 2.66. The van der Waals surface area contributed by atoms with Gasteiger partial charge in [0, 0.05) is 28.8 Å². The Morgan fingerprint density at radius 2 is 2.00 bits per heavy atom. The van der Waals surface area contributed by atoms with Crippen molar-refractivity contribution in [3.05, 3.63) is 28.7 Å². The van der Waals surface area contributed by atoms with Gasteiger partial charge in [-0.15, -0.1) is 0 Å². The first-order chi connectivity index (χ1) is 8.08. The SMILES string of the molecule is CC1(C)CCCN1CCNc1ccc(Br)cc1. The highest BCUT2D eigenvalue weighted by molar-refractivity contribution is 9.10. The van der Waals surface area contributed by atoms with Gasteiger partial charge in [0.05, 0.1) is 0 Å². The Kier molecular flexibility index (Phi) is 4.10. The average Bonchev–Trinajstić information content (AvgIpc) is 2.61. The topological polar surface area (TPSA) is 15.3 Å². The molecule has 0 spiro atoms. The fourth-order valence-corrected chi connectivity index (χ4v) is 2.75. The number of halogens is 1. The molecule has 94 valence electrons. The monoisotopic (exact) mass is 296 g/mol. The minimum absolute atomic E-state index is 0.390. The molecule has 0 saturated carbocycles. The van der Waals surface area contributed by atoms with Gasteiger partial charge in [-0.25, -0.2) is 0 Å². The Labute approximate surface area is 113 Å². The zero-order valence-corrected chi connectivity index (χ0v) is 12.3. The van der Waals surface area contributed by atoms with Crippen molar-refractivity contribution in [3.8, 4) is 0 Å². The van der Waals surface area contributed by atoms with Crippen LogP contribution in [0.1, 0.15) is 26.7 Å². The molecule has 0 aromatic heterocycles. The summed E-state index contributed by atoms with van der Waals surface area (Å²) in [6.45, 7) is 8.09.